The van der Waals surface area contributed by atoms with Gasteiger partial charge in [-0.3, -0.25) is 0 Å². The second-order valence-electron chi connectivity index (χ2n) is 3.54. The lowest BCUT2D eigenvalue weighted by Crippen LogP contribution is -2.23. The highest BCUT2D eigenvalue weighted by molar-refractivity contribution is 4.91. The second kappa shape index (κ2) is 3.09. The van der Waals surface area contributed by atoms with Gasteiger partial charge in [0.15, 0.2) is 0 Å². The van der Waals surface area contributed by atoms with Gasteiger partial charge in [-0.2, -0.15) is 0 Å². The zero-order valence-corrected chi connectivity index (χ0v) is 6.98. The molecule has 0 aromatic rings. The summed E-state index contributed by atoms with van der Waals surface area (Å²) >= 11 is 0. The van der Waals surface area contributed by atoms with E-state index in [1.165, 1.54) is 19.3 Å². The molecule has 1 N–H and O–H groups in total. The molecule has 1 saturated carbocycles. The standard InChI is InChI=1S/C9H17N/c1-7(2)10-9-5-4-8(3)6-9/h8-10H,1,4-6H2,2-3H3. The van der Waals surface area contributed by atoms with Crippen LogP contribution in [0.1, 0.15) is 33.1 Å². The van der Waals surface area contributed by atoms with Gasteiger partial charge in [0, 0.05) is 11.7 Å². The maximum absolute atomic E-state index is 3.83. The Morgan fingerprint density at radius 2 is 2.20 bits per heavy atom. The van der Waals surface area contributed by atoms with E-state index in [0.29, 0.717) is 6.04 Å². The molecule has 0 heterocycles. The monoisotopic (exact) mass is 139 g/mol. The van der Waals surface area contributed by atoms with Gasteiger partial charge in [0.1, 0.15) is 0 Å². The predicted molar refractivity (Wildman–Crippen MR) is 44.8 cm³/mol. The molecule has 0 bridgehead atoms. The van der Waals surface area contributed by atoms with Crippen molar-refractivity contribution in [2.45, 2.75) is 39.2 Å². The molecule has 0 aromatic carbocycles. The maximum atomic E-state index is 3.83. The first kappa shape index (κ1) is 7.64. The Hall–Kier alpha value is -0.460. The third-order valence-electron chi connectivity index (χ3n) is 2.15. The van der Waals surface area contributed by atoms with Gasteiger partial charge in [-0.15, -0.1) is 0 Å². The zero-order valence-electron chi connectivity index (χ0n) is 6.98. The van der Waals surface area contributed by atoms with Crippen molar-refractivity contribution in [2.24, 2.45) is 5.92 Å². The molecule has 1 rings (SSSR count). The molecular formula is C9H17N. The van der Waals surface area contributed by atoms with E-state index in [4.69, 9.17) is 0 Å². The van der Waals surface area contributed by atoms with Crippen LogP contribution in [0.5, 0.6) is 0 Å². The van der Waals surface area contributed by atoms with Crippen LogP contribution in [-0.2, 0) is 0 Å². The topological polar surface area (TPSA) is 12.0 Å². The number of hydrogen-bond acceptors (Lipinski definition) is 1. The Morgan fingerprint density at radius 1 is 1.50 bits per heavy atom. The van der Waals surface area contributed by atoms with Gasteiger partial charge in [0.05, 0.1) is 0 Å². The van der Waals surface area contributed by atoms with Crippen molar-refractivity contribution in [2.75, 3.05) is 0 Å². The fraction of sp³-hybridized carbons (Fsp3) is 0.778. The van der Waals surface area contributed by atoms with E-state index in [1.54, 1.807) is 0 Å². The molecule has 1 nitrogen and oxygen atoms in total. The molecule has 0 spiro atoms. The average molecular weight is 139 g/mol. The number of rotatable bonds is 2. The largest absolute Gasteiger partial charge is 0.386 e. The molecule has 58 valence electrons. The normalized spacial score (nSPS) is 32.2. The quantitative estimate of drug-likeness (QED) is 0.619. The van der Waals surface area contributed by atoms with Crippen molar-refractivity contribution < 1.29 is 0 Å². The minimum absolute atomic E-state index is 0.715. The zero-order chi connectivity index (χ0) is 7.56. The van der Waals surface area contributed by atoms with Crippen molar-refractivity contribution in [1.82, 2.24) is 5.32 Å². The van der Waals surface area contributed by atoms with Crippen LogP contribution in [0.3, 0.4) is 0 Å². The fourth-order valence-corrected chi connectivity index (χ4v) is 1.69. The van der Waals surface area contributed by atoms with Crippen molar-refractivity contribution in [3.8, 4) is 0 Å². The molecule has 0 saturated heterocycles. The maximum Gasteiger partial charge on any atom is 0.0260 e. The van der Waals surface area contributed by atoms with E-state index >= 15 is 0 Å². The predicted octanol–water partition coefficient (Wildman–Crippen LogP) is 2.30. The summed E-state index contributed by atoms with van der Waals surface area (Å²) in [5.74, 6) is 0.914. The summed E-state index contributed by atoms with van der Waals surface area (Å²) in [4.78, 5) is 0. The van der Waals surface area contributed by atoms with Gasteiger partial charge >= 0.3 is 0 Å². The van der Waals surface area contributed by atoms with E-state index in [2.05, 4.69) is 18.8 Å². The van der Waals surface area contributed by atoms with Crippen LogP contribution in [0.15, 0.2) is 12.3 Å². The molecule has 0 aliphatic heterocycles. The Balaban J connectivity index is 2.24. The average Bonchev–Trinajstić information content (AvgIpc) is 2.13. The van der Waals surface area contributed by atoms with Gasteiger partial charge in [0.2, 0.25) is 0 Å². The summed E-state index contributed by atoms with van der Waals surface area (Å²) in [6.07, 6.45) is 4.03. The molecular weight excluding hydrogens is 122 g/mol. The molecule has 2 atom stereocenters. The van der Waals surface area contributed by atoms with Crippen LogP contribution < -0.4 is 5.32 Å². The number of hydrogen-bond donors (Lipinski definition) is 1. The highest BCUT2D eigenvalue weighted by Gasteiger charge is 2.20. The summed E-state index contributed by atoms with van der Waals surface area (Å²) in [7, 11) is 0. The molecule has 0 radical (unpaired) electrons. The third kappa shape index (κ3) is 2.05. The molecule has 1 fully saturated rings. The lowest BCUT2D eigenvalue weighted by Gasteiger charge is -2.12. The van der Waals surface area contributed by atoms with Gasteiger partial charge in [-0.25, -0.2) is 0 Å². The van der Waals surface area contributed by atoms with Gasteiger partial charge in [-0.1, -0.05) is 13.5 Å². The fourth-order valence-electron chi connectivity index (χ4n) is 1.69. The van der Waals surface area contributed by atoms with E-state index in [9.17, 15) is 0 Å². The smallest absolute Gasteiger partial charge is 0.0260 e. The van der Waals surface area contributed by atoms with Crippen LogP contribution >= 0.6 is 0 Å². The van der Waals surface area contributed by atoms with E-state index in [1.807, 2.05) is 6.92 Å². The summed E-state index contributed by atoms with van der Waals surface area (Å²) < 4.78 is 0. The molecule has 2 unspecified atom stereocenters. The first-order valence-corrected chi connectivity index (χ1v) is 4.10. The molecule has 1 heteroatoms. The minimum Gasteiger partial charge on any atom is -0.386 e. The first-order valence-electron chi connectivity index (χ1n) is 4.10. The van der Waals surface area contributed by atoms with Crippen LogP contribution in [0.2, 0.25) is 0 Å². The van der Waals surface area contributed by atoms with Crippen LogP contribution in [0, 0.1) is 5.92 Å². The van der Waals surface area contributed by atoms with E-state index < -0.39 is 0 Å². The summed E-state index contributed by atoms with van der Waals surface area (Å²) in [6.45, 7) is 8.18. The van der Waals surface area contributed by atoms with Crippen molar-refractivity contribution >= 4 is 0 Å². The molecule has 1 aliphatic carbocycles. The summed E-state index contributed by atoms with van der Waals surface area (Å²) in [5, 5.41) is 3.38. The van der Waals surface area contributed by atoms with E-state index in [0.717, 1.165) is 11.6 Å². The Morgan fingerprint density at radius 3 is 2.60 bits per heavy atom. The SMILES string of the molecule is C=C(C)NC1CCC(C)C1. The lowest BCUT2D eigenvalue weighted by atomic mass is 10.1. The van der Waals surface area contributed by atoms with Crippen molar-refractivity contribution in [3.63, 3.8) is 0 Å². The minimum atomic E-state index is 0.715. The first-order chi connectivity index (χ1) is 4.68. The van der Waals surface area contributed by atoms with Crippen LogP contribution in [0.4, 0.5) is 0 Å². The third-order valence-corrected chi connectivity index (χ3v) is 2.15. The lowest BCUT2D eigenvalue weighted by molar-refractivity contribution is 0.547. The van der Waals surface area contributed by atoms with Crippen molar-refractivity contribution in [3.05, 3.63) is 12.3 Å². The van der Waals surface area contributed by atoms with Crippen LogP contribution in [-0.4, -0.2) is 6.04 Å². The Labute approximate surface area is 63.5 Å². The van der Waals surface area contributed by atoms with Gasteiger partial charge in [0.25, 0.3) is 0 Å². The molecule has 0 aromatic heterocycles. The Kier molecular flexibility index (Phi) is 2.36. The number of allylic oxidation sites excluding steroid dienone is 1. The number of nitrogens with one attached hydrogen (secondary N) is 1. The molecule has 0 amide bonds. The second-order valence-corrected chi connectivity index (χ2v) is 3.54. The highest BCUT2D eigenvalue weighted by atomic mass is 14.9. The van der Waals surface area contributed by atoms with Gasteiger partial charge in [-0.05, 0) is 32.1 Å². The molecule has 10 heavy (non-hydrogen) atoms. The summed E-state index contributed by atoms with van der Waals surface area (Å²) in [6, 6.07) is 0.715. The molecule has 1 aliphatic rings. The highest BCUT2D eigenvalue weighted by Crippen LogP contribution is 2.24. The van der Waals surface area contributed by atoms with Crippen LogP contribution in [0.25, 0.3) is 0 Å². The Bertz CT molecular complexity index is 129. The van der Waals surface area contributed by atoms with Gasteiger partial charge < -0.3 is 5.32 Å². The summed E-state index contributed by atoms with van der Waals surface area (Å²) in [5.41, 5.74) is 1.11. The van der Waals surface area contributed by atoms with Crippen molar-refractivity contribution in [1.29, 1.82) is 0 Å². The van der Waals surface area contributed by atoms with E-state index in [-0.39, 0.29) is 0 Å².